The van der Waals surface area contributed by atoms with Crippen molar-refractivity contribution in [2.45, 2.75) is 10.1 Å². The molecule has 40 heavy (non-hydrogen) atoms. The number of carbonyl (C=O) groups is 2. The van der Waals surface area contributed by atoms with E-state index < -0.39 is 5.25 Å². The van der Waals surface area contributed by atoms with Gasteiger partial charge in [0.15, 0.2) is 5.58 Å². The zero-order chi connectivity index (χ0) is 27.3. The molecule has 0 radical (unpaired) electrons. The molecule has 196 valence electrons. The van der Waals surface area contributed by atoms with Gasteiger partial charge in [0.1, 0.15) is 10.8 Å². The van der Waals surface area contributed by atoms with Crippen LogP contribution in [-0.4, -0.2) is 16.8 Å². The van der Waals surface area contributed by atoms with Gasteiger partial charge in [-0.15, -0.1) is 23.1 Å². The highest BCUT2D eigenvalue weighted by Gasteiger charge is 2.22. The molecule has 1 unspecified atom stereocenters. The maximum atomic E-state index is 13.5. The molecule has 0 fully saturated rings. The van der Waals surface area contributed by atoms with E-state index >= 15 is 0 Å². The first-order chi connectivity index (χ1) is 19.6. The van der Waals surface area contributed by atoms with Crippen LogP contribution < -0.4 is 10.6 Å². The van der Waals surface area contributed by atoms with Crippen LogP contribution in [0, 0.1) is 0 Å². The second-order valence-electron chi connectivity index (χ2n) is 8.92. The minimum Gasteiger partial charge on any atom is -0.436 e. The summed E-state index contributed by atoms with van der Waals surface area (Å²) in [5, 5.41) is 7.35. The summed E-state index contributed by atoms with van der Waals surface area (Å²) < 4.78 is 5.86. The van der Waals surface area contributed by atoms with Gasteiger partial charge < -0.3 is 15.1 Å². The largest absolute Gasteiger partial charge is 0.436 e. The first-order valence-corrected chi connectivity index (χ1v) is 14.3. The van der Waals surface area contributed by atoms with Gasteiger partial charge in [-0.1, -0.05) is 48.5 Å². The van der Waals surface area contributed by atoms with Crippen LogP contribution in [0.5, 0.6) is 0 Å². The summed E-state index contributed by atoms with van der Waals surface area (Å²) in [5.74, 6) is 0.256. The van der Waals surface area contributed by atoms with Crippen LogP contribution >= 0.6 is 23.1 Å². The van der Waals surface area contributed by atoms with E-state index in [0.29, 0.717) is 22.1 Å². The van der Waals surface area contributed by atoms with E-state index in [9.17, 15) is 9.59 Å². The van der Waals surface area contributed by atoms with Crippen LogP contribution in [0.4, 0.5) is 11.4 Å². The summed E-state index contributed by atoms with van der Waals surface area (Å²) in [5.41, 5.74) is 4.63. The summed E-state index contributed by atoms with van der Waals surface area (Å²) in [6, 6.07) is 35.9. The third kappa shape index (κ3) is 5.83. The topological polar surface area (TPSA) is 84.2 Å². The molecule has 0 spiro atoms. The number of nitrogens with zero attached hydrogens (tertiary/aromatic N) is 1. The Morgan fingerprint density at radius 1 is 0.750 bits per heavy atom. The van der Waals surface area contributed by atoms with E-state index in [0.717, 1.165) is 27.1 Å². The van der Waals surface area contributed by atoms with Gasteiger partial charge in [0, 0.05) is 21.8 Å². The van der Waals surface area contributed by atoms with E-state index in [1.54, 1.807) is 6.07 Å². The van der Waals surface area contributed by atoms with Crippen molar-refractivity contribution in [3.63, 3.8) is 0 Å². The van der Waals surface area contributed by atoms with Crippen molar-refractivity contribution in [3.05, 3.63) is 131 Å². The average Bonchev–Trinajstić information content (AvgIpc) is 3.68. The Bertz CT molecular complexity index is 1710. The molecule has 2 amide bonds. The fourth-order valence-corrected chi connectivity index (χ4v) is 5.80. The molecule has 2 aromatic heterocycles. The lowest BCUT2D eigenvalue weighted by Crippen LogP contribution is -2.19. The third-order valence-electron chi connectivity index (χ3n) is 6.14. The van der Waals surface area contributed by atoms with Crippen molar-refractivity contribution in [1.82, 2.24) is 4.98 Å². The van der Waals surface area contributed by atoms with E-state index in [4.69, 9.17) is 4.42 Å². The molecule has 0 saturated carbocycles. The van der Waals surface area contributed by atoms with Gasteiger partial charge in [0.25, 0.3) is 5.91 Å². The number of nitrogens with one attached hydrogen (secondary N) is 2. The Hall–Kier alpha value is -4.66. The van der Waals surface area contributed by atoms with Crippen molar-refractivity contribution < 1.29 is 14.0 Å². The summed E-state index contributed by atoms with van der Waals surface area (Å²) in [4.78, 5) is 32.0. The van der Waals surface area contributed by atoms with E-state index in [-0.39, 0.29) is 11.8 Å². The minimum atomic E-state index is -0.482. The Morgan fingerprint density at radius 2 is 1.45 bits per heavy atom. The molecule has 2 heterocycles. The molecular formula is C32H23N3O3S2. The highest BCUT2D eigenvalue weighted by Crippen LogP contribution is 2.37. The van der Waals surface area contributed by atoms with Crippen molar-refractivity contribution in [1.29, 1.82) is 0 Å². The molecule has 8 heteroatoms. The molecule has 2 N–H and O–H groups in total. The van der Waals surface area contributed by atoms with Crippen molar-refractivity contribution >= 4 is 57.4 Å². The Balaban J connectivity index is 1.16. The van der Waals surface area contributed by atoms with Crippen molar-refractivity contribution in [2.75, 3.05) is 10.6 Å². The van der Waals surface area contributed by atoms with Gasteiger partial charge >= 0.3 is 0 Å². The van der Waals surface area contributed by atoms with E-state index in [1.165, 1.54) is 23.1 Å². The van der Waals surface area contributed by atoms with Crippen LogP contribution in [0.15, 0.2) is 130 Å². The van der Waals surface area contributed by atoms with E-state index in [1.807, 2.05) is 115 Å². The number of hydrogen-bond acceptors (Lipinski definition) is 6. The lowest BCUT2D eigenvalue weighted by Gasteiger charge is -2.17. The fraction of sp³-hybridized carbons (Fsp3) is 0.0312. The first-order valence-electron chi connectivity index (χ1n) is 12.6. The molecule has 6 nitrogen and oxygen atoms in total. The number of oxazole rings is 1. The Kier molecular flexibility index (Phi) is 7.43. The van der Waals surface area contributed by atoms with Gasteiger partial charge in [-0.2, -0.15) is 0 Å². The van der Waals surface area contributed by atoms with Crippen molar-refractivity contribution in [3.8, 4) is 11.5 Å². The van der Waals surface area contributed by atoms with Crippen LogP contribution in [-0.2, 0) is 4.79 Å². The maximum Gasteiger partial charge on any atom is 0.265 e. The standard InChI is InChI=1S/C32H23N3O3S2/c36-30(28-11-6-20-39-28)33-24-16-18-25(19-17-24)40-29(21-7-2-1-3-8-21)31(37)34-23-14-12-22(13-15-23)32-35-26-9-4-5-10-27(26)38-32/h1-20,29H,(H,33,36)(H,34,37). The highest BCUT2D eigenvalue weighted by atomic mass is 32.2. The van der Waals surface area contributed by atoms with Gasteiger partial charge in [-0.25, -0.2) is 4.98 Å². The molecule has 0 aliphatic rings. The number of anilines is 2. The molecule has 6 rings (SSSR count). The lowest BCUT2D eigenvalue weighted by molar-refractivity contribution is -0.115. The number of hydrogen-bond donors (Lipinski definition) is 2. The lowest BCUT2D eigenvalue weighted by atomic mass is 10.1. The summed E-state index contributed by atoms with van der Waals surface area (Å²) in [6.45, 7) is 0. The number of para-hydroxylation sites is 2. The predicted octanol–water partition coefficient (Wildman–Crippen LogP) is 8.28. The summed E-state index contributed by atoms with van der Waals surface area (Å²) in [7, 11) is 0. The number of benzene rings is 4. The van der Waals surface area contributed by atoms with Crippen molar-refractivity contribution in [2.24, 2.45) is 0 Å². The smallest absolute Gasteiger partial charge is 0.265 e. The average molecular weight is 562 g/mol. The summed E-state index contributed by atoms with van der Waals surface area (Å²) in [6.07, 6.45) is 0. The minimum absolute atomic E-state index is 0.138. The number of carbonyl (C=O) groups excluding carboxylic acids is 2. The third-order valence-corrected chi connectivity index (χ3v) is 8.28. The second kappa shape index (κ2) is 11.6. The molecule has 0 aliphatic heterocycles. The first kappa shape index (κ1) is 25.6. The van der Waals surface area contributed by atoms with Crippen LogP contribution in [0.1, 0.15) is 20.5 Å². The quantitative estimate of drug-likeness (QED) is 0.183. The van der Waals surface area contributed by atoms with Crippen LogP contribution in [0.3, 0.4) is 0 Å². The maximum absolute atomic E-state index is 13.5. The highest BCUT2D eigenvalue weighted by molar-refractivity contribution is 8.00. The van der Waals surface area contributed by atoms with Crippen LogP contribution in [0.2, 0.25) is 0 Å². The van der Waals surface area contributed by atoms with Gasteiger partial charge in [0.2, 0.25) is 11.8 Å². The monoisotopic (exact) mass is 561 g/mol. The second-order valence-corrected chi connectivity index (χ2v) is 11.0. The van der Waals surface area contributed by atoms with Gasteiger partial charge in [-0.3, -0.25) is 9.59 Å². The molecule has 4 aromatic carbocycles. The number of thiophene rings is 1. The molecule has 6 aromatic rings. The number of aromatic nitrogens is 1. The number of fused-ring (bicyclic) bond motifs is 1. The molecule has 0 saturated heterocycles. The molecule has 1 atom stereocenters. The number of amides is 2. The molecule has 0 bridgehead atoms. The Morgan fingerprint density at radius 3 is 2.17 bits per heavy atom. The fourth-order valence-electron chi connectivity index (χ4n) is 4.15. The van der Waals surface area contributed by atoms with E-state index in [2.05, 4.69) is 15.6 Å². The van der Waals surface area contributed by atoms with Crippen LogP contribution in [0.25, 0.3) is 22.6 Å². The molecule has 0 aliphatic carbocycles. The van der Waals surface area contributed by atoms with Gasteiger partial charge in [0.05, 0.1) is 4.88 Å². The normalized spacial score (nSPS) is 11.7. The Labute approximate surface area is 239 Å². The zero-order valence-electron chi connectivity index (χ0n) is 21.1. The molecular weight excluding hydrogens is 539 g/mol. The number of rotatable bonds is 8. The van der Waals surface area contributed by atoms with Gasteiger partial charge in [-0.05, 0) is 77.7 Å². The zero-order valence-corrected chi connectivity index (χ0v) is 22.7. The predicted molar refractivity (Wildman–Crippen MR) is 162 cm³/mol. The number of thioether (sulfide) groups is 1. The SMILES string of the molecule is O=C(Nc1ccc(SC(C(=O)Nc2ccc(-c3nc4ccccc4o3)cc2)c2ccccc2)cc1)c1cccs1. The summed E-state index contributed by atoms with van der Waals surface area (Å²) >= 11 is 2.84.